The minimum Gasteiger partial charge on any atom is -0.454 e. The van der Waals surface area contributed by atoms with E-state index in [1.165, 1.54) is 36.7 Å². The summed E-state index contributed by atoms with van der Waals surface area (Å²) in [5, 5.41) is 6.95. The fraction of sp³-hybridized carbons (Fsp3) is 0. The summed E-state index contributed by atoms with van der Waals surface area (Å²) in [7, 11) is 0. The Morgan fingerprint density at radius 1 is 0.512 bits per heavy atom. The van der Waals surface area contributed by atoms with Crippen LogP contribution in [0.2, 0.25) is 0 Å². The first-order valence-electron chi connectivity index (χ1n) is 14.4. The molecular formula is C39H24N2OS. The van der Waals surface area contributed by atoms with E-state index in [1.54, 1.807) is 0 Å². The van der Waals surface area contributed by atoms with E-state index in [0.29, 0.717) is 0 Å². The zero-order valence-electron chi connectivity index (χ0n) is 23.1. The largest absolute Gasteiger partial charge is 0.454 e. The molecule has 0 fully saturated rings. The number of benzene rings is 6. The predicted octanol–water partition coefficient (Wildman–Crippen LogP) is 11.6. The van der Waals surface area contributed by atoms with Crippen molar-refractivity contribution >= 4 is 81.3 Å². The first kappa shape index (κ1) is 24.2. The number of anilines is 3. The number of fused-ring (bicyclic) bond motifs is 7. The summed E-state index contributed by atoms with van der Waals surface area (Å²) in [6.07, 6.45) is 3.84. The summed E-state index contributed by atoms with van der Waals surface area (Å²) in [4.78, 5) is 7.03. The highest BCUT2D eigenvalue weighted by Crippen LogP contribution is 2.44. The molecular weight excluding hydrogens is 545 g/mol. The van der Waals surface area contributed by atoms with Gasteiger partial charge in [0, 0.05) is 48.5 Å². The summed E-state index contributed by atoms with van der Waals surface area (Å²) in [5.74, 6) is 0. The number of pyridine rings is 1. The Morgan fingerprint density at radius 3 is 2.07 bits per heavy atom. The van der Waals surface area contributed by atoms with E-state index in [9.17, 15) is 0 Å². The van der Waals surface area contributed by atoms with Crippen molar-refractivity contribution in [1.82, 2.24) is 4.98 Å². The van der Waals surface area contributed by atoms with Crippen LogP contribution in [0.4, 0.5) is 17.1 Å². The smallest absolute Gasteiger partial charge is 0.162 e. The molecule has 0 saturated carbocycles. The topological polar surface area (TPSA) is 29.3 Å². The van der Waals surface area contributed by atoms with Gasteiger partial charge >= 0.3 is 0 Å². The molecule has 0 amide bonds. The van der Waals surface area contributed by atoms with Crippen molar-refractivity contribution in [2.75, 3.05) is 4.90 Å². The number of thiophene rings is 1. The highest BCUT2D eigenvalue weighted by atomic mass is 32.1. The summed E-state index contributed by atoms with van der Waals surface area (Å²) in [6, 6.07) is 47.4. The van der Waals surface area contributed by atoms with Crippen LogP contribution in [0.3, 0.4) is 0 Å². The maximum absolute atomic E-state index is 6.67. The fourth-order valence-corrected chi connectivity index (χ4v) is 7.32. The van der Waals surface area contributed by atoms with E-state index in [1.807, 2.05) is 29.8 Å². The molecule has 6 aromatic carbocycles. The number of hydrogen-bond acceptors (Lipinski definition) is 4. The van der Waals surface area contributed by atoms with Crippen molar-refractivity contribution in [3.05, 3.63) is 146 Å². The van der Waals surface area contributed by atoms with Crippen molar-refractivity contribution in [3.63, 3.8) is 0 Å². The van der Waals surface area contributed by atoms with Crippen LogP contribution in [0, 0.1) is 0 Å². The van der Waals surface area contributed by atoms with Crippen molar-refractivity contribution in [1.29, 1.82) is 0 Å². The molecule has 202 valence electrons. The molecule has 0 unspecified atom stereocenters. The molecule has 0 aliphatic carbocycles. The highest BCUT2D eigenvalue weighted by molar-refractivity contribution is 7.25. The molecule has 0 bridgehead atoms. The summed E-state index contributed by atoms with van der Waals surface area (Å²) < 4.78 is 9.24. The molecule has 9 aromatic rings. The van der Waals surface area contributed by atoms with Gasteiger partial charge in [-0.3, -0.25) is 4.98 Å². The number of nitrogens with zero attached hydrogens (tertiary/aromatic N) is 2. The maximum Gasteiger partial charge on any atom is 0.162 e. The standard InChI is InChI=1S/C39H24N2OS/c1-2-8-25(9-3-1)26-14-16-29(17-15-26)41(30-18-19-38-33(22-30)31-12-6-7-13-37(31)43-38)35-24-40-23-34-32-20-27-10-4-5-11-28(27)21-36(32)42-39(34)35/h1-24H. The Labute approximate surface area is 251 Å². The average molecular weight is 569 g/mol. The van der Waals surface area contributed by atoms with E-state index >= 15 is 0 Å². The Hall–Kier alpha value is -5.45. The highest BCUT2D eigenvalue weighted by Gasteiger charge is 2.21. The van der Waals surface area contributed by atoms with Crippen LogP contribution in [0.15, 0.2) is 150 Å². The summed E-state index contributed by atoms with van der Waals surface area (Å²) in [6.45, 7) is 0. The average Bonchev–Trinajstić information content (AvgIpc) is 3.62. The van der Waals surface area contributed by atoms with Crippen molar-refractivity contribution in [2.45, 2.75) is 0 Å². The lowest BCUT2D eigenvalue weighted by Gasteiger charge is -2.25. The van der Waals surface area contributed by atoms with Crippen molar-refractivity contribution in [3.8, 4) is 11.1 Å². The molecule has 0 radical (unpaired) electrons. The lowest BCUT2D eigenvalue weighted by molar-refractivity contribution is 0.669. The SMILES string of the molecule is c1ccc(-c2ccc(N(c3ccc4sc5ccccc5c4c3)c3cncc4c3oc3cc5ccccc5cc34)cc2)cc1. The van der Waals surface area contributed by atoms with E-state index < -0.39 is 0 Å². The Bertz CT molecular complexity index is 2460. The molecule has 9 rings (SSSR count). The van der Waals surface area contributed by atoms with Crippen LogP contribution in [0.5, 0.6) is 0 Å². The Kier molecular flexibility index (Phi) is 5.37. The lowest BCUT2D eigenvalue weighted by atomic mass is 10.0. The van der Waals surface area contributed by atoms with E-state index in [0.717, 1.165) is 44.4 Å². The molecule has 3 aromatic heterocycles. The van der Waals surface area contributed by atoms with Crippen LogP contribution in [-0.2, 0) is 0 Å². The monoisotopic (exact) mass is 568 g/mol. The van der Waals surface area contributed by atoms with Gasteiger partial charge < -0.3 is 9.32 Å². The first-order valence-corrected chi connectivity index (χ1v) is 15.2. The van der Waals surface area contributed by atoms with Crippen LogP contribution in [0.25, 0.3) is 64.0 Å². The van der Waals surface area contributed by atoms with Gasteiger partial charge in [0.25, 0.3) is 0 Å². The molecule has 0 aliphatic rings. The fourth-order valence-electron chi connectivity index (χ4n) is 6.23. The molecule has 4 heteroatoms. The minimum absolute atomic E-state index is 0.822. The van der Waals surface area contributed by atoms with Gasteiger partial charge in [0.15, 0.2) is 5.58 Å². The van der Waals surface area contributed by atoms with Crippen molar-refractivity contribution < 1.29 is 4.42 Å². The zero-order chi connectivity index (χ0) is 28.3. The second-order valence-electron chi connectivity index (χ2n) is 10.9. The van der Waals surface area contributed by atoms with Crippen molar-refractivity contribution in [2.24, 2.45) is 0 Å². The van der Waals surface area contributed by atoms with E-state index in [4.69, 9.17) is 9.40 Å². The quantitative estimate of drug-likeness (QED) is 0.211. The predicted molar refractivity (Wildman–Crippen MR) is 182 cm³/mol. The number of furan rings is 1. The van der Waals surface area contributed by atoms with Gasteiger partial charge in [-0.2, -0.15) is 0 Å². The second-order valence-corrected chi connectivity index (χ2v) is 11.9. The molecule has 3 nitrogen and oxygen atoms in total. The van der Waals surface area contributed by atoms with Gasteiger partial charge in [-0.1, -0.05) is 84.9 Å². The van der Waals surface area contributed by atoms with Crippen LogP contribution in [0.1, 0.15) is 0 Å². The maximum atomic E-state index is 6.67. The molecule has 0 saturated heterocycles. The normalized spacial score (nSPS) is 11.7. The minimum atomic E-state index is 0.822. The van der Waals surface area contributed by atoms with Gasteiger partial charge in [-0.15, -0.1) is 11.3 Å². The van der Waals surface area contributed by atoms with Crippen LogP contribution >= 0.6 is 11.3 Å². The van der Waals surface area contributed by atoms with Crippen LogP contribution in [-0.4, -0.2) is 4.98 Å². The van der Waals surface area contributed by atoms with Gasteiger partial charge in [0.2, 0.25) is 0 Å². The number of aromatic nitrogens is 1. The van der Waals surface area contributed by atoms with Gasteiger partial charge in [0.05, 0.1) is 6.20 Å². The molecule has 0 N–H and O–H groups in total. The number of hydrogen-bond donors (Lipinski definition) is 0. The van der Waals surface area contributed by atoms with E-state index in [2.05, 4.69) is 132 Å². The van der Waals surface area contributed by atoms with Gasteiger partial charge in [-0.05, 0) is 70.4 Å². The second kappa shape index (κ2) is 9.55. The third-order valence-corrected chi connectivity index (χ3v) is 9.47. The summed E-state index contributed by atoms with van der Waals surface area (Å²) >= 11 is 1.83. The molecule has 3 heterocycles. The Balaban J connectivity index is 1.29. The number of rotatable bonds is 4. The zero-order valence-corrected chi connectivity index (χ0v) is 23.9. The molecule has 0 atom stereocenters. The van der Waals surface area contributed by atoms with Crippen LogP contribution < -0.4 is 4.90 Å². The summed E-state index contributed by atoms with van der Waals surface area (Å²) in [5.41, 5.74) is 7.06. The third-order valence-electron chi connectivity index (χ3n) is 8.32. The third kappa shape index (κ3) is 3.92. The molecule has 0 aliphatic heterocycles. The molecule has 43 heavy (non-hydrogen) atoms. The Morgan fingerprint density at radius 2 is 1.21 bits per heavy atom. The van der Waals surface area contributed by atoms with Gasteiger partial charge in [-0.25, -0.2) is 0 Å². The van der Waals surface area contributed by atoms with Gasteiger partial charge in [0.1, 0.15) is 11.3 Å². The van der Waals surface area contributed by atoms with E-state index in [-0.39, 0.29) is 0 Å². The first-order chi connectivity index (χ1) is 21.3. The molecule has 0 spiro atoms. The lowest BCUT2D eigenvalue weighted by Crippen LogP contribution is -2.10.